The Morgan fingerprint density at radius 3 is 2.55 bits per heavy atom. The van der Waals surface area contributed by atoms with Gasteiger partial charge in [0.05, 0.1) is 5.02 Å². The predicted octanol–water partition coefficient (Wildman–Crippen LogP) is 3.72. The second-order valence-corrected chi connectivity index (χ2v) is 4.86. The third-order valence-corrected chi connectivity index (χ3v) is 3.44. The van der Waals surface area contributed by atoms with Crippen LogP contribution >= 0.6 is 23.2 Å². The minimum atomic E-state index is 0.417. The fraction of sp³-hybridized carbons (Fsp3) is 0.0714. The molecule has 0 saturated heterocycles. The second kappa shape index (κ2) is 5.61. The Hall–Kier alpha value is -1.91. The van der Waals surface area contributed by atoms with Gasteiger partial charge in [0.15, 0.2) is 0 Å². The van der Waals surface area contributed by atoms with Crippen LogP contribution in [0.15, 0.2) is 48.5 Å². The van der Waals surface area contributed by atoms with Crippen LogP contribution in [0.25, 0.3) is 17.1 Å². The van der Waals surface area contributed by atoms with Crippen molar-refractivity contribution in [3.05, 3.63) is 59.1 Å². The van der Waals surface area contributed by atoms with Crippen LogP contribution in [0.1, 0.15) is 5.56 Å². The van der Waals surface area contributed by atoms with E-state index in [0.29, 0.717) is 22.4 Å². The summed E-state index contributed by atoms with van der Waals surface area (Å²) in [5.41, 5.74) is 2.53. The minimum absolute atomic E-state index is 0.417. The Balaban J connectivity index is 1.98. The monoisotopic (exact) mass is 304 g/mol. The number of rotatable bonds is 3. The van der Waals surface area contributed by atoms with Gasteiger partial charge in [0.2, 0.25) is 5.82 Å². The van der Waals surface area contributed by atoms with Gasteiger partial charge in [-0.05, 0) is 22.9 Å². The van der Waals surface area contributed by atoms with E-state index in [1.54, 1.807) is 6.07 Å². The number of benzene rings is 2. The third-order valence-electron chi connectivity index (χ3n) is 2.83. The van der Waals surface area contributed by atoms with Crippen molar-refractivity contribution in [1.29, 1.82) is 0 Å². The van der Waals surface area contributed by atoms with Gasteiger partial charge < -0.3 is 0 Å². The summed E-state index contributed by atoms with van der Waals surface area (Å²) in [5.74, 6) is 0.975. The highest BCUT2D eigenvalue weighted by atomic mass is 35.5. The summed E-state index contributed by atoms with van der Waals surface area (Å²) in [7, 11) is 0. The average molecular weight is 305 g/mol. The number of alkyl halides is 1. The van der Waals surface area contributed by atoms with E-state index in [-0.39, 0.29) is 0 Å². The van der Waals surface area contributed by atoms with Crippen molar-refractivity contribution in [1.82, 2.24) is 20.2 Å². The topological polar surface area (TPSA) is 43.6 Å². The highest BCUT2D eigenvalue weighted by Gasteiger charge is 2.10. The number of aromatic nitrogens is 4. The zero-order valence-electron chi connectivity index (χ0n) is 10.4. The Morgan fingerprint density at radius 1 is 1.05 bits per heavy atom. The summed E-state index contributed by atoms with van der Waals surface area (Å²) >= 11 is 12.0. The second-order valence-electron chi connectivity index (χ2n) is 4.19. The molecule has 1 heterocycles. The van der Waals surface area contributed by atoms with Crippen molar-refractivity contribution >= 4 is 23.2 Å². The molecule has 3 aromatic rings. The first-order chi connectivity index (χ1) is 9.78. The van der Waals surface area contributed by atoms with Gasteiger partial charge in [0.25, 0.3) is 0 Å². The summed E-state index contributed by atoms with van der Waals surface area (Å²) in [4.78, 5) is 1.42. The van der Waals surface area contributed by atoms with Crippen LogP contribution in [0.4, 0.5) is 0 Å². The Labute approximate surface area is 126 Å². The van der Waals surface area contributed by atoms with Crippen molar-refractivity contribution in [3.63, 3.8) is 0 Å². The number of halogens is 2. The Bertz CT molecular complexity index is 725. The van der Waals surface area contributed by atoms with Crippen LogP contribution in [-0.4, -0.2) is 20.2 Å². The zero-order chi connectivity index (χ0) is 13.9. The van der Waals surface area contributed by atoms with Crippen LogP contribution in [0, 0.1) is 0 Å². The zero-order valence-corrected chi connectivity index (χ0v) is 11.9. The van der Waals surface area contributed by atoms with Crippen molar-refractivity contribution in [2.45, 2.75) is 5.88 Å². The lowest BCUT2D eigenvalue weighted by molar-refractivity contribution is 0.720. The SMILES string of the molecule is ClCc1ccc(-n2nnc(-c3ccccc3)n2)c(Cl)c1. The lowest BCUT2D eigenvalue weighted by Crippen LogP contribution is -2.00. The molecule has 0 fully saturated rings. The van der Waals surface area contributed by atoms with Crippen molar-refractivity contribution < 1.29 is 0 Å². The maximum absolute atomic E-state index is 6.21. The molecular formula is C14H10Cl2N4. The van der Waals surface area contributed by atoms with Gasteiger partial charge in [-0.15, -0.1) is 26.6 Å². The Kier molecular flexibility index (Phi) is 3.67. The first-order valence-corrected chi connectivity index (χ1v) is 6.89. The lowest BCUT2D eigenvalue weighted by atomic mass is 10.2. The van der Waals surface area contributed by atoms with Crippen LogP contribution in [0.5, 0.6) is 0 Å². The molecular weight excluding hydrogens is 295 g/mol. The van der Waals surface area contributed by atoms with Gasteiger partial charge in [0, 0.05) is 11.4 Å². The van der Waals surface area contributed by atoms with E-state index in [4.69, 9.17) is 23.2 Å². The molecule has 2 aromatic carbocycles. The third kappa shape index (κ3) is 2.53. The highest BCUT2D eigenvalue weighted by Crippen LogP contribution is 2.22. The van der Waals surface area contributed by atoms with Crippen LogP contribution in [0.3, 0.4) is 0 Å². The molecule has 0 unspecified atom stereocenters. The van der Waals surface area contributed by atoms with Gasteiger partial charge in [-0.2, -0.15) is 0 Å². The quantitative estimate of drug-likeness (QED) is 0.693. The molecule has 0 aliphatic carbocycles. The maximum Gasteiger partial charge on any atom is 0.205 e. The van der Waals surface area contributed by atoms with Gasteiger partial charge in [0.1, 0.15) is 5.69 Å². The fourth-order valence-electron chi connectivity index (χ4n) is 1.81. The first kappa shape index (κ1) is 13.1. The lowest BCUT2D eigenvalue weighted by Gasteiger charge is -2.03. The maximum atomic E-state index is 6.21. The molecule has 100 valence electrons. The Morgan fingerprint density at radius 2 is 1.85 bits per heavy atom. The molecule has 0 bridgehead atoms. The molecule has 6 heteroatoms. The van der Waals surface area contributed by atoms with Gasteiger partial charge in [-0.1, -0.05) is 48.0 Å². The predicted molar refractivity (Wildman–Crippen MR) is 79.2 cm³/mol. The number of hydrogen-bond donors (Lipinski definition) is 0. The largest absolute Gasteiger partial charge is 0.205 e. The van der Waals surface area contributed by atoms with E-state index in [1.165, 1.54) is 4.80 Å². The molecule has 0 radical (unpaired) electrons. The van der Waals surface area contributed by atoms with E-state index in [9.17, 15) is 0 Å². The molecule has 1 aromatic heterocycles. The number of tetrazole rings is 1. The number of hydrogen-bond acceptors (Lipinski definition) is 3. The summed E-state index contributed by atoms with van der Waals surface area (Å²) in [5, 5.41) is 13.0. The van der Waals surface area contributed by atoms with E-state index in [1.807, 2.05) is 42.5 Å². The van der Waals surface area contributed by atoms with Gasteiger partial charge in [-0.3, -0.25) is 0 Å². The van der Waals surface area contributed by atoms with E-state index in [2.05, 4.69) is 15.4 Å². The molecule has 4 nitrogen and oxygen atoms in total. The highest BCUT2D eigenvalue weighted by molar-refractivity contribution is 6.32. The van der Waals surface area contributed by atoms with Crippen molar-refractivity contribution in [2.75, 3.05) is 0 Å². The van der Waals surface area contributed by atoms with Crippen LogP contribution < -0.4 is 0 Å². The number of nitrogens with zero attached hydrogens (tertiary/aromatic N) is 4. The minimum Gasteiger partial charge on any atom is -0.129 e. The summed E-state index contributed by atoms with van der Waals surface area (Å²) in [6.45, 7) is 0. The van der Waals surface area contributed by atoms with E-state index < -0.39 is 0 Å². The molecule has 0 spiro atoms. The normalized spacial score (nSPS) is 10.7. The summed E-state index contributed by atoms with van der Waals surface area (Å²) < 4.78 is 0. The van der Waals surface area contributed by atoms with Crippen LogP contribution in [-0.2, 0) is 5.88 Å². The molecule has 0 atom stereocenters. The molecule has 0 amide bonds. The standard InChI is InChI=1S/C14H10Cl2N4/c15-9-10-6-7-13(12(16)8-10)20-18-14(17-19-20)11-4-2-1-3-5-11/h1-8H,9H2. The molecule has 0 aliphatic rings. The summed E-state index contributed by atoms with van der Waals surface area (Å²) in [6, 6.07) is 15.2. The smallest absolute Gasteiger partial charge is 0.129 e. The fourth-order valence-corrected chi connectivity index (χ4v) is 2.26. The van der Waals surface area contributed by atoms with E-state index >= 15 is 0 Å². The molecule has 0 saturated carbocycles. The van der Waals surface area contributed by atoms with Gasteiger partial charge >= 0.3 is 0 Å². The molecule has 0 N–H and O–H groups in total. The van der Waals surface area contributed by atoms with Crippen molar-refractivity contribution in [2.24, 2.45) is 0 Å². The molecule has 20 heavy (non-hydrogen) atoms. The summed E-state index contributed by atoms with van der Waals surface area (Å²) in [6.07, 6.45) is 0. The van der Waals surface area contributed by atoms with Crippen LogP contribution in [0.2, 0.25) is 5.02 Å². The first-order valence-electron chi connectivity index (χ1n) is 5.98. The van der Waals surface area contributed by atoms with Crippen molar-refractivity contribution in [3.8, 4) is 17.1 Å². The molecule has 3 rings (SSSR count). The average Bonchev–Trinajstić information content (AvgIpc) is 2.97. The van der Waals surface area contributed by atoms with Gasteiger partial charge in [-0.25, -0.2) is 0 Å². The molecule has 0 aliphatic heterocycles. The van der Waals surface area contributed by atoms with E-state index in [0.717, 1.165) is 11.1 Å².